The van der Waals surface area contributed by atoms with Crippen LogP contribution in [0.3, 0.4) is 0 Å². The van der Waals surface area contributed by atoms with Gasteiger partial charge in [-0.25, -0.2) is 0 Å². The van der Waals surface area contributed by atoms with Crippen molar-refractivity contribution in [2.75, 3.05) is 4.90 Å². The molecule has 12 rings (SSSR count). The summed E-state index contributed by atoms with van der Waals surface area (Å²) in [6.45, 7) is 0. The first-order chi connectivity index (χ1) is 28.2. The summed E-state index contributed by atoms with van der Waals surface area (Å²) >= 11 is 3.75. The highest BCUT2D eigenvalue weighted by atomic mass is 32.1. The van der Waals surface area contributed by atoms with Gasteiger partial charge < -0.3 is 4.90 Å². The molecule has 0 saturated heterocycles. The lowest BCUT2D eigenvalue weighted by Gasteiger charge is -2.26. The molecule has 0 N–H and O–H groups in total. The Morgan fingerprint density at radius 1 is 0.333 bits per heavy atom. The first-order valence-electron chi connectivity index (χ1n) is 19.3. The number of thiophene rings is 2. The molecule has 0 aliphatic rings. The number of hydrogen-bond donors (Lipinski definition) is 0. The zero-order valence-corrected chi connectivity index (χ0v) is 32.3. The quantitative estimate of drug-likeness (QED) is 0.174. The summed E-state index contributed by atoms with van der Waals surface area (Å²) in [5, 5.41) is 11.6. The molecule has 57 heavy (non-hydrogen) atoms. The minimum Gasteiger partial charge on any atom is -0.310 e. The summed E-state index contributed by atoms with van der Waals surface area (Å²) < 4.78 is 5.22. The van der Waals surface area contributed by atoms with Crippen molar-refractivity contribution in [1.82, 2.24) is 4.98 Å². The number of aromatic nitrogens is 1. The van der Waals surface area contributed by atoms with Gasteiger partial charge in [-0.3, -0.25) is 4.98 Å². The number of benzene rings is 9. The fourth-order valence-corrected chi connectivity index (χ4v) is 11.0. The van der Waals surface area contributed by atoms with Crippen LogP contribution in [0.15, 0.2) is 194 Å². The van der Waals surface area contributed by atoms with Crippen LogP contribution in [0, 0.1) is 0 Å². The van der Waals surface area contributed by atoms with Gasteiger partial charge in [-0.2, -0.15) is 0 Å². The van der Waals surface area contributed by atoms with Crippen LogP contribution >= 0.6 is 22.7 Å². The lowest BCUT2D eigenvalue weighted by molar-refractivity contribution is 1.30. The Hall–Kier alpha value is -6.85. The van der Waals surface area contributed by atoms with E-state index in [2.05, 4.69) is 192 Å². The first-order valence-corrected chi connectivity index (χ1v) is 20.9. The molecule has 0 bridgehead atoms. The van der Waals surface area contributed by atoms with E-state index in [0.717, 1.165) is 28.0 Å². The number of hydrogen-bond acceptors (Lipinski definition) is 4. The van der Waals surface area contributed by atoms with Gasteiger partial charge in [0.25, 0.3) is 0 Å². The second kappa shape index (κ2) is 12.9. The fraction of sp³-hybridized carbons (Fsp3) is 0. The Morgan fingerprint density at radius 3 is 1.40 bits per heavy atom. The Bertz CT molecular complexity index is 3370. The van der Waals surface area contributed by atoms with Crippen molar-refractivity contribution in [2.24, 2.45) is 0 Å². The summed E-state index contributed by atoms with van der Waals surface area (Å²) in [7, 11) is 0. The molecule has 0 fully saturated rings. The lowest BCUT2D eigenvalue weighted by atomic mass is 9.99. The van der Waals surface area contributed by atoms with Crippen LogP contribution in [-0.2, 0) is 0 Å². The van der Waals surface area contributed by atoms with E-state index < -0.39 is 0 Å². The van der Waals surface area contributed by atoms with Gasteiger partial charge in [-0.1, -0.05) is 127 Å². The highest BCUT2D eigenvalue weighted by Crippen LogP contribution is 2.45. The molecule has 2 nitrogen and oxygen atoms in total. The zero-order chi connectivity index (χ0) is 37.5. The molecule has 3 heterocycles. The second-order valence-corrected chi connectivity index (χ2v) is 16.9. The topological polar surface area (TPSA) is 16.1 Å². The molecule has 266 valence electrons. The third-order valence-corrected chi connectivity index (χ3v) is 13.7. The van der Waals surface area contributed by atoms with E-state index in [9.17, 15) is 0 Å². The van der Waals surface area contributed by atoms with Gasteiger partial charge in [0.15, 0.2) is 0 Å². The van der Waals surface area contributed by atoms with Crippen LogP contribution in [0.25, 0.3) is 95.0 Å². The summed E-state index contributed by atoms with van der Waals surface area (Å²) in [4.78, 5) is 6.99. The maximum absolute atomic E-state index is 4.57. The molecular formula is C53H32N2S2. The van der Waals surface area contributed by atoms with E-state index >= 15 is 0 Å². The Balaban J connectivity index is 0.968. The first kappa shape index (κ1) is 32.4. The van der Waals surface area contributed by atoms with Crippen LogP contribution in [-0.4, -0.2) is 4.98 Å². The van der Waals surface area contributed by atoms with Gasteiger partial charge in [-0.15, -0.1) is 22.7 Å². The zero-order valence-electron chi connectivity index (χ0n) is 30.7. The number of rotatable bonds is 5. The molecule has 0 spiro atoms. The van der Waals surface area contributed by atoms with Crippen molar-refractivity contribution >= 4 is 113 Å². The molecule has 3 aromatic heterocycles. The number of nitrogens with zero attached hydrogens (tertiary/aromatic N) is 2. The average Bonchev–Trinajstić information content (AvgIpc) is 3.85. The third kappa shape index (κ3) is 5.33. The minimum absolute atomic E-state index is 1.01. The van der Waals surface area contributed by atoms with Crippen LogP contribution in [0.1, 0.15) is 0 Å². The number of anilines is 3. The minimum atomic E-state index is 1.01. The normalized spacial score (nSPS) is 11.9. The highest BCUT2D eigenvalue weighted by molar-refractivity contribution is 7.26. The molecule has 0 unspecified atom stereocenters. The van der Waals surface area contributed by atoms with Crippen LogP contribution in [0.5, 0.6) is 0 Å². The largest absolute Gasteiger partial charge is 0.310 e. The molecule has 4 heteroatoms. The molecule has 0 amide bonds. The van der Waals surface area contributed by atoms with Gasteiger partial charge in [0.05, 0.1) is 5.52 Å². The fourth-order valence-electron chi connectivity index (χ4n) is 8.70. The maximum atomic E-state index is 4.57. The summed E-state index contributed by atoms with van der Waals surface area (Å²) in [6, 6.07) is 69.1. The van der Waals surface area contributed by atoms with Gasteiger partial charge in [0.2, 0.25) is 0 Å². The van der Waals surface area contributed by atoms with Crippen molar-refractivity contribution in [2.45, 2.75) is 0 Å². The standard InChI is InChI=1S/C53H32N2S2/c1-3-9-43-36(6-1)19-27-48-52(43)45-25-23-41(31-50(45)56-48)55(42-24-26-46-51(32-42)57-49-28-20-37-7-2-4-10-44(37)53(46)49)40-21-17-34(18-22-40)33-11-13-35(14-12-33)39-16-15-38-8-5-29-54-47(38)30-39/h1-32H. The molecule has 0 aliphatic heterocycles. The second-order valence-electron chi connectivity index (χ2n) is 14.8. The molecule has 0 aliphatic carbocycles. The molecular weight excluding hydrogens is 729 g/mol. The molecule has 0 radical (unpaired) electrons. The number of fused-ring (bicyclic) bond motifs is 11. The Morgan fingerprint density at radius 2 is 0.807 bits per heavy atom. The highest BCUT2D eigenvalue weighted by Gasteiger charge is 2.18. The van der Waals surface area contributed by atoms with Crippen molar-refractivity contribution < 1.29 is 0 Å². The van der Waals surface area contributed by atoms with E-state index in [0.29, 0.717) is 0 Å². The van der Waals surface area contributed by atoms with E-state index in [1.54, 1.807) is 0 Å². The summed E-state index contributed by atoms with van der Waals surface area (Å²) in [5.41, 5.74) is 9.15. The Kier molecular flexibility index (Phi) is 7.31. The predicted octanol–water partition coefficient (Wildman–Crippen LogP) is 16.1. The van der Waals surface area contributed by atoms with E-state index in [1.165, 1.54) is 84.1 Å². The molecule has 9 aromatic carbocycles. The van der Waals surface area contributed by atoms with Gasteiger partial charge in [0.1, 0.15) is 0 Å². The van der Waals surface area contributed by atoms with E-state index in [1.807, 2.05) is 34.9 Å². The monoisotopic (exact) mass is 760 g/mol. The van der Waals surface area contributed by atoms with Crippen LogP contribution < -0.4 is 4.90 Å². The molecule has 0 saturated carbocycles. The summed E-state index contributed by atoms with van der Waals surface area (Å²) in [6.07, 6.45) is 1.86. The van der Waals surface area contributed by atoms with Gasteiger partial charge in [-0.05, 0) is 104 Å². The smallest absolute Gasteiger partial charge is 0.0708 e. The lowest BCUT2D eigenvalue weighted by Crippen LogP contribution is -2.09. The van der Waals surface area contributed by atoms with Gasteiger partial charge in [0, 0.05) is 69.0 Å². The SMILES string of the molecule is c1cnc2cc(-c3ccc(-c4ccc(N(c5ccc6c(c5)sc5ccc7ccccc7c56)c5ccc6c(c5)sc5ccc7ccccc7c56)cc4)cc3)ccc2c1. The third-order valence-electron chi connectivity index (χ3n) is 11.5. The average molecular weight is 761 g/mol. The summed E-state index contributed by atoms with van der Waals surface area (Å²) in [5.74, 6) is 0. The predicted molar refractivity (Wildman–Crippen MR) is 248 cm³/mol. The van der Waals surface area contributed by atoms with E-state index in [4.69, 9.17) is 0 Å². The van der Waals surface area contributed by atoms with Crippen molar-refractivity contribution in [1.29, 1.82) is 0 Å². The van der Waals surface area contributed by atoms with E-state index in [-0.39, 0.29) is 0 Å². The van der Waals surface area contributed by atoms with Crippen molar-refractivity contribution in [3.63, 3.8) is 0 Å². The Labute approximate surface area is 337 Å². The maximum Gasteiger partial charge on any atom is 0.0708 e. The molecule has 0 atom stereocenters. The van der Waals surface area contributed by atoms with Crippen molar-refractivity contribution in [3.05, 3.63) is 194 Å². The van der Waals surface area contributed by atoms with Crippen LogP contribution in [0.2, 0.25) is 0 Å². The van der Waals surface area contributed by atoms with Crippen molar-refractivity contribution in [3.8, 4) is 22.3 Å². The number of pyridine rings is 1. The molecule has 12 aromatic rings. The van der Waals surface area contributed by atoms with Crippen LogP contribution in [0.4, 0.5) is 17.1 Å². The van der Waals surface area contributed by atoms with Gasteiger partial charge >= 0.3 is 0 Å².